The second kappa shape index (κ2) is 8.18. The summed E-state index contributed by atoms with van der Waals surface area (Å²) in [5.41, 5.74) is 4.62. The Morgan fingerprint density at radius 2 is 1.58 bits per heavy atom. The number of hydrogen-bond donors (Lipinski definition) is 1. The van der Waals surface area contributed by atoms with Gasteiger partial charge >= 0.3 is 0 Å². The highest BCUT2D eigenvalue weighted by Crippen LogP contribution is 2.32. The molecule has 120 valence electrons. The van der Waals surface area contributed by atoms with Crippen LogP contribution in [0.1, 0.15) is 10.9 Å². The largest absolute Gasteiger partial charge is 0.368 e. The molecule has 0 aliphatic carbocycles. The zero-order chi connectivity index (χ0) is 16.8. The van der Waals surface area contributed by atoms with E-state index in [4.69, 9.17) is 0 Å². The quantitative estimate of drug-likeness (QED) is 0.289. The molecule has 3 aromatic carbocycles. The molecule has 3 aromatic rings. The van der Waals surface area contributed by atoms with Gasteiger partial charge in [-0.25, -0.2) is 4.40 Å². The predicted octanol–water partition coefficient (Wildman–Crippen LogP) is 6.58. The van der Waals surface area contributed by atoms with Crippen LogP contribution in [0, 0.1) is 0 Å². The molecule has 2 nitrogen and oxygen atoms in total. The lowest BCUT2D eigenvalue weighted by molar-refractivity contribution is 1.11. The van der Waals surface area contributed by atoms with E-state index in [2.05, 4.69) is 87.0 Å². The van der Waals surface area contributed by atoms with Crippen LogP contribution in [0.25, 0.3) is 11.1 Å². The average Bonchev–Trinajstić information content (AvgIpc) is 2.62. The molecule has 4 heteroatoms. The molecule has 0 saturated carbocycles. The molecule has 0 saturated heterocycles. The molecule has 1 N–H and O–H groups in total. The molecule has 0 bridgehead atoms. The van der Waals surface area contributed by atoms with Gasteiger partial charge < -0.3 is 5.32 Å². The minimum atomic E-state index is 0.0154. The Bertz CT molecular complexity index is 803. The number of anilines is 1. The number of hydrogen-bond acceptors (Lipinski definition) is 3. The van der Waals surface area contributed by atoms with E-state index in [1.807, 2.05) is 24.3 Å². The maximum atomic E-state index is 4.00. The highest BCUT2D eigenvalue weighted by atomic mass is 79.9. The summed E-state index contributed by atoms with van der Waals surface area (Å²) >= 11 is 4.92. The Hall–Kier alpha value is -2.04. The topological polar surface area (TPSA) is 24.4 Å². The predicted molar refractivity (Wildman–Crippen MR) is 110 cm³/mol. The lowest BCUT2D eigenvalue weighted by Crippen LogP contribution is -2.06. The molecule has 0 heterocycles. The van der Waals surface area contributed by atoms with Gasteiger partial charge in [-0.1, -0.05) is 76.6 Å². The van der Waals surface area contributed by atoms with Gasteiger partial charge in [-0.3, -0.25) is 0 Å². The molecule has 0 aliphatic rings. The van der Waals surface area contributed by atoms with Crippen molar-refractivity contribution in [3.05, 3.63) is 88.9 Å². The van der Waals surface area contributed by atoms with Crippen LogP contribution in [0.3, 0.4) is 0 Å². The average molecular weight is 397 g/mol. The lowest BCUT2D eigenvalue weighted by Gasteiger charge is -2.18. The summed E-state index contributed by atoms with van der Waals surface area (Å²) in [5, 5.41) is 3.51. The summed E-state index contributed by atoms with van der Waals surface area (Å²) < 4.78 is 5.05. The molecular formula is C20H17BrN2S. The van der Waals surface area contributed by atoms with E-state index < -0.39 is 0 Å². The number of rotatable bonds is 6. The third-order valence-corrected chi connectivity index (χ3v) is 4.87. The van der Waals surface area contributed by atoms with Gasteiger partial charge in [-0.15, -0.1) is 0 Å². The van der Waals surface area contributed by atoms with Gasteiger partial charge in [0.1, 0.15) is 5.37 Å². The molecule has 0 amide bonds. The molecule has 24 heavy (non-hydrogen) atoms. The molecule has 1 unspecified atom stereocenters. The fourth-order valence-electron chi connectivity index (χ4n) is 2.46. The fourth-order valence-corrected chi connectivity index (χ4v) is 3.47. The molecule has 0 spiro atoms. The Morgan fingerprint density at radius 3 is 2.25 bits per heavy atom. The fraction of sp³-hybridized carbons (Fsp3) is 0.0500. The third kappa shape index (κ3) is 4.28. The van der Waals surface area contributed by atoms with Gasteiger partial charge in [0.15, 0.2) is 0 Å². The molecule has 1 atom stereocenters. The maximum absolute atomic E-state index is 4.00. The first-order valence-electron chi connectivity index (χ1n) is 7.55. The molecule has 0 fully saturated rings. The summed E-state index contributed by atoms with van der Waals surface area (Å²) in [5.74, 6) is 0. The van der Waals surface area contributed by atoms with Crippen LogP contribution >= 0.6 is 27.9 Å². The Labute approximate surface area is 155 Å². The minimum absolute atomic E-state index is 0.0154. The first kappa shape index (κ1) is 16.8. The van der Waals surface area contributed by atoms with Crippen LogP contribution in [0.15, 0.2) is 87.7 Å². The maximum Gasteiger partial charge on any atom is 0.120 e. The van der Waals surface area contributed by atoms with Crippen molar-refractivity contribution in [2.24, 2.45) is 4.40 Å². The Kier molecular flexibility index (Phi) is 5.72. The number of nitrogens with zero attached hydrogens (tertiary/aromatic N) is 1. The molecule has 0 aliphatic heterocycles. The van der Waals surface area contributed by atoms with Crippen molar-refractivity contribution < 1.29 is 0 Å². The normalized spacial score (nSPS) is 11.7. The highest BCUT2D eigenvalue weighted by molar-refractivity contribution is 9.10. The summed E-state index contributed by atoms with van der Waals surface area (Å²) in [7, 11) is 0. The van der Waals surface area contributed by atoms with E-state index in [0.717, 1.165) is 15.7 Å². The number of halogens is 1. The highest BCUT2D eigenvalue weighted by Gasteiger charge is 2.12. The SMILES string of the molecule is C=NSC(Nc1cccc(Br)c1)c1ccc(-c2ccccc2)cc1. The second-order valence-electron chi connectivity index (χ2n) is 5.26. The molecule has 0 radical (unpaired) electrons. The second-order valence-corrected chi connectivity index (χ2v) is 7.11. The van der Waals surface area contributed by atoms with Gasteiger partial charge in [0.2, 0.25) is 0 Å². The van der Waals surface area contributed by atoms with Crippen LogP contribution in [0.4, 0.5) is 5.69 Å². The van der Waals surface area contributed by atoms with Crippen LogP contribution in [0.2, 0.25) is 0 Å². The minimum Gasteiger partial charge on any atom is -0.368 e. The van der Waals surface area contributed by atoms with Crippen molar-refractivity contribution in [2.45, 2.75) is 5.37 Å². The van der Waals surface area contributed by atoms with Gasteiger partial charge in [-0.05, 0) is 41.6 Å². The van der Waals surface area contributed by atoms with Crippen LogP contribution < -0.4 is 5.32 Å². The molecule has 0 aromatic heterocycles. The van der Waals surface area contributed by atoms with E-state index >= 15 is 0 Å². The Balaban J connectivity index is 1.82. The standard InChI is InChI=1S/C20H17BrN2S/c1-22-24-20(23-19-9-5-8-18(21)14-19)17-12-10-16(11-13-17)15-6-3-2-4-7-15/h2-14,20,23H,1H2. The zero-order valence-corrected chi connectivity index (χ0v) is 15.4. The van der Waals surface area contributed by atoms with E-state index in [-0.39, 0.29) is 5.37 Å². The first-order valence-corrected chi connectivity index (χ1v) is 9.18. The molecular weight excluding hydrogens is 380 g/mol. The van der Waals surface area contributed by atoms with Crippen LogP contribution in [-0.4, -0.2) is 6.72 Å². The van der Waals surface area contributed by atoms with Crippen molar-refractivity contribution in [3.8, 4) is 11.1 Å². The zero-order valence-electron chi connectivity index (χ0n) is 13.0. The van der Waals surface area contributed by atoms with E-state index in [1.165, 1.54) is 23.1 Å². The summed E-state index contributed by atoms with van der Waals surface area (Å²) in [6.07, 6.45) is 0. The van der Waals surface area contributed by atoms with Gasteiger partial charge in [0.25, 0.3) is 0 Å². The number of nitrogens with one attached hydrogen (secondary N) is 1. The summed E-state index contributed by atoms with van der Waals surface area (Å²) in [4.78, 5) is 0. The number of benzene rings is 3. The monoisotopic (exact) mass is 396 g/mol. The molecule has 3 rings (SSSR count). The van der Waals surface area contributed by atoms with Crippen LogP contribution in [0.5, 0.6) is 0 Å². The van der Waals surface area contributed by atoms with Crippen molar-refractivity contribution in [1.29, 1.82) is 0 Å². The van der Waals surface area contributed by atoms with Crippen molar-refractivity contribution in [3.63, 3.8) is 0 Å². The third-order valence-electron chi connectivity index (χ3n) is 3.62. The van der Waals surface area contributed by atoms with E-state index in [0.29, 0.717) is 0 Å². The summed E-state index contributed by atoms with van der Waals surface area (Å²) in [6.45, 7) is 3.61. The van der Waals surface area contributed by atoms with Crippen molar-refractivity contribution >= 4 is 40.3 Å². The Morgan fingerprint density at radius 1 is 0.875 bits per heavy atom. The van der Waals surface area contributed by atoms with Gasteiger partial charge in [0.05, 0.1) is 0 Å². The van der Waals surface area contributed by atoms with Crippen LogP contribution in [-0.2, 0) is 0 Å². The summed E-state index contributed by atoms with van der Waals surface area (Å²) in [6, 6.07) is 27.0. The smallest absolute Gasteiger partial charge is 0.120 e. The van der Waals surface area contributed by atoms with E-state index in [9.17, 15) is 0 Å². The van der Waals surface area contributed by atoms with Gasteiger partial charge in [-0.2, -0.15) is 0 Å². The van der Waals surface area contributed by atoms with Crippen molar-refractivity contribution in [2.75, 3.05) is 5.32 Å². The van der Waals surface area contributed by atoms with Gasteiger partial charge in [0, 0.05) is 22.1 Å². The van der Waals surface area contributed by atoms with Crippen molar-refractivity contribution in [1.82, 2.24) is 0 Å². The van der Waals surface area contributed by atoms with E-state index in [1.54, 1.807) is 0 Å². The lowest BCUT2D eigenvalue weighted by atomic mass is 10.0. The first-order chi connectivity index (χ1) is 11.8.